The minimum atomic E-state index is -3.69. The molecule has 20 heavy (non-hydrogen) atoms. The van der Waals surface area contributed by atoms with Crippen LogP contribution in [0.25, 0.3) is 0 Å². The number of carboxylic acids is 1. The molecule has 116 valence electrons. The zero-order chi connectivity index (χ0) is 14.9. The van der Waals surface area contributed by atoms with Crippen molar-refractivity contribution >= 4 is 16.2 Å². The predicted molar refractivity (Wildman–Crippen MR) is 75.5 cm³/mol. The van der Waals surface area contributed by atoms with Gasteiger partial charge in [0.15, 0.2) is 0 Å². The molecule has 7 heteroatoms. The van der Waals surface area contributed by atoms with Crippen LogP contribution < -0.4 is 0 Å². The van der Waals surface area contributed by atoms with Gasteiger partial charge in [-0.15, -0.1) is 0 Å². The Hall–Kier alpha value is -0.660. The molecule has 0 amide bonds. The summed E-state index contributed by atoms with van der Waals surface area (Å²) in [6.45, 7) is 4.13. The first kappa shape index (κ1) is 15.7. The summed E-state index contributed by atoms with van der Waals surface area (Å²) in [4.78, 5) is 11.3. The van der Waals surface area contributed by atoms with E-state index in [1.165, 1.54) is 8.61 Å². The third-order valence-corrected chi connectivity index (χ3v) is 6.70. The Morgan fingerprint density at radius 2 is 1.65 bits per heavy atom. The van der Waals surface area contributed by atoms with Crippen LogP contribution in [0.2, 0.25) is 0 Å². The number of piperidine rings is 2. The van der Waals surface area contributed by atoms with Gasteiger partial charge >= 0.3 is 5.97 Å². The van der Waals surface area contributed by atoms with Crippen LogP contribution in [-0.4, -0.2) is 52.8 Å². The Bertz CT molecular complexity index is 455. The smallest absolute Gasteiger partial charge is 0.322 e. The highest BCUT2D eigenvalue weighted by Crippen LogP contribution is 2.30. The first-order valence-corrected chi connectivity index (χ1v) is 8.78. The summed E-state index contributed by atoms with van der Waals surface area (Å²) in [5.41, 5.74) is 0. The van der Waals surface area contributed by atoms with Crippen LogP contribution in [-0.2, 0) is 15.0 Å². The zero-order valence-corrected chi connectivity index (χ0v) is 13.0. The lowest BCUT2D eigenvalue weighted by Gasteiger charge is -2.43. The molecule has 0 aromatic heterocycles. The molecule has 2 fully saturated rings. The number of rotatable bonds is 3. The number of nitrogens with zero attached hydrogens (tertiary/aromatic N) is 2. The van der Waals surface area contributed by atoms with Crippen LogP contribution in [0.5, 0.6) is 0 Å². The molecular formula is C13H24N2O4S. The fourth-order valence-corrected chi connectivity index (χ4v) is 5.64. The summed E-state index contributed by atoms with van der Waals surface area (Å²) in [7, 11) is -3.69. The van der Waals surface area contributed by atoms with E-state index in [9.17, 15) is 18.3 Å². The van der Waals surface area contributed by atoms with Crippen molar-refractivity contribution in [3.63, 3.8) is 0 Å². The molecule has 2 aliphatic rings. The Labute approximate surface area is 120 Å². The molecule has 2 heterocycles. The quantitative estimate of drug-likeness (QED) is 0.855. The van der Waals surface area contributed by atoms with E-state index in [0.29, 0.717) is 13.0 Å². The van der Waals surface area contributed by atoms with Gasteiger partial charge in [0, 0.05) is 18.6 Å². The molecule has 1 N–H and O–H groups in total. The van der Waals surface area contributed by atoms with Crippen molar-refractivity contribution < 1.29 is 18.3 Å². The van der Waals surface area contributed by atoms with Crippen molar-refractivity contribution in [2.75, 3.05) is 6.54 Å². The highest BCUT2D eigenvalue weighted by atomic mass is 32.2. The molecule has 1 unspecified atom stereocenters. The van der Waals surface area contributed by atoms with E-state index in [-0.39, 0.29) is 12.1 Å². The molecule has 3 atom stereocenters. The molecule has 0 aromatic carbocycles. The van der Waals surface area contributed by atoms with Crippen molar-refractivity contribution in [2.24, 2.45) is 0 Å². The van der Waals surface area contributed by atoms with Gasteiger partial charge in [0.05, 0.1) is 0 Å². The molecule has 0 aliphatic carbocycles. The van der Waals surface area contributed by atoms with Crippen LogP contribution in [0.3, 0.4) is 0 Å². The van der Waals surface area contributed by atoms with Crippen molar-refractivity contribution in [1.29, 1.82) is 0 Å². The third-order valence-electron chi connectivity index (χ3n) is 4.41. The van der Waals surface area contributed by atoms with Gasteiger partial charge in [-0.25, -0.2) is 0 Å². The summed E-state index contributed by atoms with van der Waals surface area (Å²) in [6.07, 6.45) is 4.62. The van der Waals surface area contributed by atoms with Gasteiger partial charge in [0.1, 0.15) is 6.04 Å². The molecule has 0 bridgehead atoms. The van der Waals surface area contributed by atoms with Crippen molar-refractivity contribution in [3.05, 3.63) is 0 Å². The molecule has 2 rings (SSSR count). The van der Waals surface area contributed by atoms with Crippen molar-refractivity contribution in [1.82, 2.24) is 8.61 Å². The monoisotopic (exact) mass is 304 g/mol. The number of hydrogen-bond acceptors (Lipinski definition) is 3. The zero-order valence-electron chi connectivity index (χ0n) is 12.2. The van der Waals surface area contributed by atoms with E-state index in [1.54, 1.807) is 0 Å². The lowest BCUT2D eigenvalue weighted by Crippen LogP contribution is -2.58. The molecule has 0 radical (unpaired) electrons. The molecule has 2 saturated heterocycles. The van der Waals surface area contributed by atoms with Crippen LogP contribution in [0, 0.1) is 0 Å². The normalized spacial score (nSPS) is 34.0. The number of hydrogen-bond donors (Lipinski definition) is 1. The summed E-state index contributed by atoms with van der Waals surface area (Å²) < 4.78 is 28.5. The second-order valence-electron chi connectivity index (χ2n) is 5.93. The fraction of sp³-hybridized carbons (Fsp3) is 0.923. The second kappa shape index (κ2) is 5.99. The summed E-state index contributed by atoms with van der Waals surface area (Å²) in [6, 6.07) is -1.02. The maximum absolute atomic E-state index is 12.9. The SMILES string of the molecule is C[C@@H]1CCC[C@H](C)N1S(=O)(=O)N1CCCCC1C(=O)O. The highest BCUT2D eigenvalue weighted by Gasteiger charge is 2.44. The van der Waals surface area contributed by atoms with Crippen molar-refractivity contribution in [3.8, 4) is 0 Å². The minimum absolute atomic E-state index is 0.0554. The van der Waals surface area contributed by atoms with Gasteiger partial charge < -0.3 is 5.11 Å². The van der Waals surface area contributed by atoms with Gasteiger partial charge in [0.25, 0.3) is 10.2 Å². The predicted octanol–water partition coefficient (Wildman–Crippen LogP) is 1.43. The van der Waals surface area contributed by atoms with Crippen LogP contribution in [0.15, 0.2) is 0 Å². The lowest BCUT2D eigenvalue weighted by atomic mass is 10.0. The van der Waals surface area contributed by atoms with E-state index in [0.717, 1.165) is 32.1 Å². The van der Waals surface area contributed by atoms with E-state index >= 15 is 0 Å². The Kier molecular flexibility index (Phi) is 4.71. The highest BCUT2D eigenvalue weighted by molar-refractivity contribution is 7.86. The first-order chi connectivity index (χ1) is 9.35. The number of carbonyl (C=O) groups is 1. The van der Waals surface area contributed by atoms with E-state index < -0.39 is 22.2 Å². The van der Waals surface area contributed by atoms with Crippen molar-refractivity contribution in [2.45, 2.75) is 70.5 Å². The third kappa shape index (κ3) is 2.84. The number of aliphatic carboxylic acids is 1. The summed E-state index contributed by atoms with van der Waals surface area (Å²) in [5.74, 6) is -1.04. The van der Waals surface area contributed by atoms with Gasteiger partial charge in [-0.3, -0.25) is 4.79 Å². The Morgan fingerprint density at radius 3 is 2.20 bits per heavy atom. The van der Waals surface area contributed by atoms with Gasteiger partial charge in [0.2, 0.25) is 0 Å². The number of carboxylic acid groups (broad SMARTS) is 1. The van der Waals surface area contributed by atoms with Crippen LogP contribution in [0.1, 0.15) is 52.4 Å². The fourth-order valence-electron chi connectivity index (χ4n) is 3.40. The first-order valence-electron chi connectivity index (χ1n) is 7.39. The average molecular weight is 304 g/mol. The van der Waals surface area contributed by atoms with Crippen LogP contribution >= 0.6 is 0 Å². The van der Waals surface area contributed by atoms with Gasteiger partial charge in [-0.2, -0.15) is 17.0 Å². The Balaban J connectivity index is 2.29. The van der Waals surface area contributed by atoms with Gasteiger partial charge in [-0.1, -0.05) is 6.42 Å². The largest absolute Gasteiger partial charge is 0.480 e. The minimum Gasteiger partial charge on any atom is -0.480 e. The Morgan fingerprint density at radius 1 is 1.05 bits per heavy atom. The van der Waals surface area contributed by atoms with E-state index in [4.69, 9.17) is 0 Å². The van der Waals surface area contributed by atoms with E-state index in [2.05, 4.69) is 0 Å². The lowest BCUT2D eigenvalue weighted by molar-refractivity contribution is -0.142. The molecule has 0 spiro atoms. The molecule has 2 aliphatic heterocycles. The maximum Gasteiger partial charge on any atom is 0.322 e. The summed E-state index contributed by atoms with van der Waals surface area (Å²) >= 11 is 0. The van der Waals surface area contributed by atoms with E-state index in [1.807, 2.05) is 13.8 Å². The maximum atomic E-state index is 12.9. The van der Waals surface area contributed by atoms with Gasteiger partial charge in [-0.05, 0) is 46.0 Å². The molecule has 6 nitrogen and oxygen atoms in total. The average Bonchev–Trinajstić information content (AvgIpc) is 2.38. The van der Waals surface area contributed by atoms with Crippen LogP contribution in [0.4, 0.5) is 0 Å². The standard InChI is InChI=1S/C13H24N2O4S/c1-10-6-5-7-11(2)15(10)20(18,19)14-9-4-3-8-12(14)13(16)17/h10-12H,3-9H2,1-2H3,(H,16,17)/t10-,11+,12?. The summed E-state index contributed by atoms with van der Waals surface area (Å²) in [5, 5.41) is 9.28. The molecule has 0 saturated carbocycles. The molecular weight excluding hydrogens is 280 g/mol. The molecule has 0 aromatic rings. The second-order valence-corrected chi connectivity index (χ2v) is 7.71. The topological polar surface area (TPSA) is 77.9 Å².